The van der Waals surface area contributed by atoms with Crippen molar-refractivity contribution in [3.8, 4) is 73.6 Å². The summed E-state index contributed by atoms with van der Waals surface area (Å²) in [6.45, 7) is 0. The molecule has 4 heteroatoms. The van der Waals surface area contributed by atoms with E-state index in [0.717, 1.165) is 40.7 Å². The number of benzene rings is 7. The molecule has 2 aliphatic rings. The van der Waals surface area contributed by atoms with Gasteiger partial charge in [0.05, 0.1) is 11.6 Å². The summed E-state index contributed by atoms with van der Waals surface area (Å²) in [5, 5.41) is 12.3. The van der Waals surface area contributed by atoms with Crippen LogP contribution >= 0.6 is 0 Å². The minimum atomic E-state index is -0.0223. The van der Waals surface area contributed by atoms with Gasteiger partial charge in [0.1, 0.15) is 0 Å². The summed E-state index contributed by atoms with van der Waals surface area (Å²) < 4.78 is 0. The van der Waals surface area contributed by atoms with Gasteiger partial charge in [-0.3, -0.25) is 0 Å². The van der Waals surface area contributed by atoms with Crippen molar-refractivity contribution in [2.24, 2.45) is 0 Å². The summed E-state index contributed by atoms with van der Waals surface area (Å²) in [6, 6.07) is 57.8. The molecule has 1 aromatic heterocycles. The fraction of sp³-hybridized carbons (Fsp3) is 0.120. The Morgan fingerprint density at radius 1 is 0.426 bits per heavy atom. The third-order valence-corrected chi connectivity index (χ3v) is 11.6. The van der Waals surface area contributed by atoms with Gasteiger partial charge in [0.2, 0.25) is 0 Å². The van der Waals surface area contributed by atoms with Crippen LogP contribution in [0, 0.1) is 11.3 Å². The number of nitrogens with zero attached hydrogens (tertiary/aromatic N) is 4. The molecule has 8 aromatic rings. The van der Waals surface area contributed by atoms with E-state index in [0.29, 0.717) is 17.5 Å². The molecule has 0 saturated heterocycles. The Balaban J connectivity index is 1.07. The first-order valence-electron chi connectivity index (χ1n) is 18.9. The number of fused-ring (bicyclic) bond motifs is 6. The van der Waals surface area contributed by atoms with Crippen molar-refractivity contribution in [1.82, 2.24) is 15.0 Å². The number of hydrogen-bond acceptors (Lipinski definition) is 4. The van der Waals surface area contributed by atoms with Crippen molar-refractivity contribution >= 4 is 10.8 Å². The molecule has 1 saturated carbocycles. The zero-order valence-corrected chi connectivity index (χ0v) is 29.8. The normalized spacial score (nSPS) is 14.1. The van der Waals surface area contributed by atoms with Crippen LogP contribution in [0.15, 0.2) is 158 Å². The van der Waals surface area contributed by atoms with Crippen LogP contribution in [0.2, 0.25) is 0 Å². The number of rotatable bonds is 5. The summed E-state index contributed by atoms with van der Waals surface area (Å²) in [4.78, 5) is 14.8. The van der Waals surface area contributed by atoms with Crippen LogP contribution in [-0.4, -0.2) is 15.0 Å². The zero-order chi connectivity index (χ0) is 36.1. The maximum atomic E-state index is 9.87. The molecule has 1 spiro atoms. The third kappa shape index (κ3) is 5.24. The lowest BCUT2D eigenvalue weighted by Crippen LogP contribution is -2.28. The number of aromatic nitrogens is 3. The maximum absolute atomic E-state index is 9.87. The first kappa shape index (κ1) is 32.0. The molecule has 0 unspecified atom stereocenters. The van der Waals surface area contributed by atoms with Gasteiger partial charge in [-0.1, -0.05) is 165 Å². The average molecular weight is 693 g/mol. The standard InChI is InChI=1S/C50H36N4/c51-32-33-21-26-43-45(31-33)50(29-10-3-11-30-50)44-20-12-19-42(46(43)44)41-28-27-38(39-17-8-9-18-40(39)41)34-22-24-37(25-23-34)49-53-47(35-13-4-1-5-14-35)52-48(54-49)36-15-6-2-7-16-36/h1-2,4-9,12-28,31H,3,10-11,29-30H2. The molecule has 0 bridgehead atoms. The lowest BCUT2D eigenvalue weighted by atomic mass is 9.67. The van der Waals surface area contributed by atoms with Crippen LogP contribution < -0.4 is 0 Å². The smallest absolute Gasteiger partial charge is 0.164 e. The molecule has 0 aliphatic heterocycles. The third-order valence-electron chi connectivity index (χ3n) is 11.6. The van der Waals surface area contributed by atoms with Crippen LogP contribution in [0.1, 0.15) is 48.8 Å². The SMILES string of the molecule is N#Cc1ccc2c(c1)C1(CCCCC1)c1cccc(-c3ccc(-c4ccc(-c5nc(-c6ccccc6)nc(-c6ccccc6)n5)cc4)c4ccccc34)c1-2. The van der Waals surface area contributed by atoms with Crippen molar-refractivity contribution in [3.63, 3.8) is 0 Å². The highest BCUT2D eigenvalue weighted by molar-refractivity contribution is 6.08. The molecular formula is C50H36N4. The van der Waals surface area contributed by atoms with E-state index in [1.807, 2.05) is 66.7 Å². The van der Waals surface area contributed by atoms with Crippen molar-refractivity contribution in [3.05, 3.63) is 174 Å². The van der Waals surface area contributed by atoms with Gasteiger partial charge >= 0.3 is 0 Å². The van der Waals surface area contributed by atoms with Gasteiger partial charge in [0, 0.05) is 22.1 Å². The highest BCUT2D eigenvalue weighted by Crippen LogP contribution is 2.58. The lowest BCUT2D eigenvalue weighted by molar-refractivity contribution is 0.353. The molecule has 10 rings (SSSR count). The second-order valence-corrected chi connectivity index (χ2v) is 14.6. The van der Waals surface area contributed by atoms with Crippen molar-refractivity contribution < 1.29 is 0 Å². The fourth-order valence-corrected chi connectivity index (χ4v) is 9.05. The van der Waals surface area contributed by atoms with Crippen LogP contribution in [0.4, 0.5) is 0 Å². The van der Waals surface area contributed by atoms with Crippen molar-refractivity contribution in [2.75, 3.05) is 0 Å². The summed E-state index contributed by atoms with van der Waals surface area (Å²) in [5.41, 5.74) is 13.8. The Morgan fingerprint density at radius 2 is 0.963 bits per heavy atom. The van der Waals surface area contributed by atoms with Crippen molar-refractivity contribution in [1.29, 1.82) is 5.26 Å². The monoisotopic (exact) mass is 692 g/mol. The molecule has 0 N–H and O–H groups in total. The molecule has 54 heavy (non-hydrogen) atoms. The first-order chi connectivity index (χ1) is 26.7. The predicted octanol–water partition coefficient (Wildman–Crippen LogP) is 12.5. The predicted molar refractivity (Wildman–Crippen MR) is 219 cm³/mol. The Bertz CT molecular complexity index is 2680. The van der Waals surface area contributed by atoms with E-state index in [1.54, 1.807) is 0 Å². The first-order valence-corrected chi connectivity index (χ1v) is 18.9. The average Bonchev–Trinajstić information content (AvgIpc) is 3.52. The Hall–Kier alpha value is -6.70. The zero-order valence-electron chi connectivity index (χ0n) is 29.8. The molecule has 0 amide bonds. The van der Waals surface area contributed by atoms with Crippen LogP contribution in [-0.2, 0) is 5.41 Å². The van der Waals surface area contributed by atoms with Crippen LogP contribution in [0.25, 0.3) is 78.3 Å². The van der Waals surface area contributed by atoms with E-state index in [2.05, 4.69) is 97.1 Å². The van der Waals surface area contributed by atoms with Gasteiger partial charge in [-0.25, -0.2) is 15.0 Å². The molecule has 2 aliphatic carbocycles. The highest BCUT2D eigenvalue weighted by Gasteiger charge is 2.44. The van der Waals surface area contributed by atoms with E-state index in [9.17, 15) is 5.26 Å². The quantitative estimate of drug-likeness (QED) is 0.180. The van der Waals surface area contributed by atoms with Crippen molar-refractivity contribution in [2.45, 2.75) is 37.5 Å². The number of hydrogen-bond donors (Lipinski definition) is 0. The summed E-state index contributed by atoms with van der Waals surface area (Å²) in [6.07, 6.45) is 5.97. The fourth-order valence-electron chi connectivity index (χ4n) is 9.05. The van der Waals surface area contributed by atoms with Gasteiger partial charge in [-0.05, 0) is 80.3 Å². The molecule has 0 radical (unpaired) electrons. The van der Waals surface area contributed by atoms with Gasteiger partial charge in [0.25, 0.3) is 0 Å². The molecule has 1 fully saturated rings. The summed E-state index contributed by atoms with van der Waals surface area (Å²) in [5.74, 6) is 1.95. The molecule has 7 aromatic carbocycles. The molecule has 0 atom stereocenters. The summed E-state index contributed by atoms with van der Waals surface area (Å²) in [7, 11) is 0. The molecular weight excluding hydrogens is 657 g/mol. The second kappa shape index (κ2) is 13.1. The van der Waals surface area contributed by atoms with Crippen LogP contribution in [0.5, 0.6) is 0 Å². The molecule has 1 heterocycles. The van der Waals surface area contributed by atoms with Gasteiger partial charge < -0.3 is 0 Å². The van der Waals surface area contributed by atoms with Gasteiger partial charge in [-0.2, -0.15) is 5.26 Å². The van der Waals surface area contributed by atoms with E-state index in [4.69, 9.17) is 15.0 Å². The Morgan fingerprint density at radius 3 is 1.59 bits per heavy atom. The van der Waals surface area contributed by atoms with E-state index >= 15 is 0 Å². The molecule has 4 nitrogen and oxygen atoms in total. The highest BCUT2D eigenvalue weighted by atomic mass is 15.0. The minimum Gasteiger partial charge on any atom is -0.208 e. The van der Waals surface area contributed by atoms with Crippen LogP contribution in [0.3, 0.4) is 0 Å². The Kier molecular flexibility index (Phi) is 7.74. The maximum Gasteiger partial charge on any atom is 0.164 e. The minimum absolute atomic E-state index is 0.0223. The number of nitriles is 1. The van der Waals surface area contributed by atoms with E-state index in [1.165, 1.54) is 69.0 Å². The second-order valence-electron chi connectivity index (χ2n) is 14.6. The van der Waals surface area contributed by atoms with E-state index in [-0.39, 0.29) is 5.41 Å². The largest absolute Gasteiger partial charge is 0.208 e. The summed E-state index contributed by atoms with van der Waals surface area (Å²) >= 11 is 0. The van der Waals surface area contributed by atoms with Gasteiger partial charge in [-0.15, -0.1) is 0 Å². The topological polar surface area (TPSA) is 62.5 Å². The lowest BCUT2D eigenvalue weighted by Gasteiger charge is -2.36. The van der Waals surface area contributed by atoms with E-state index < -0.39 is 0 Å². The Labute approximate surface area is 315 Å². The molecule has 256 valence electrons. The van der Waals surface area contributed by atoms with Gasteiger partial charge in [0.15, 0.2) is 17.5 Å².